The summed E-state index contributed by atoms with van der Waals surface area (Å²) in [5.41, 5.74) is 1.68. The Kier molecular flexibility index (Phi) is 6.57. The normalized spacial score (nSPS) is 12.2. The van der Waals surface area contributed by atoms with Gasteiger partial charge in [-0.25, -0.2) is 4.79 Å². The molecule has 0 unspecified atom stereocenters. The first-order chi connectivity index (χ1) is 9.45. The molecule has 1 heterocycles. The maximum absolute atomic E-state index is 11.8. The van der Waals surface area contributed by atoms with Gasteiger partial charge in [-0.05, 0) is 38.7 Å². The van der Waals surface area contributed by atoms with Crippen molar-refractivity contribution in [2.75, 3.05) is 12.0 Å². The summed E-state index contributed by atoms with van der Waals surface area (Å²) in [6, 6.07) is -0.820. The molecule has 0 aliphatic heterocycles. The Hall–Kier alpha value is -1.50. The third kappa shape index (κ3) is 4.88. The molecule has 1 atom stereocenters. The first kappa shape index (κ1) is 16.6. The van der Waals surface area contributed by atoms with Crippen LogP contribution in [0.1, 0.15) is 29.9 Å². The molecule has 1 amide bonds. The van der Waals surface area contributed by atoms with E-state index in [0.717, 1.165) is 11.3 Å². The number of carbonyl (C=O) groups is 2. The summed E-state index contributed by atoms with van der Waals surface area (Å²) in [4.78, 5) is 22.8. The van der Waals surface area contributed by atoms with Crippen molar-refractivity contribution in [2.24, 2.45) is 0 Å². The fourth-order valence-corrected chi connectivity index (χ4v) is 2.33. The van der Waals surface area contributed by atoms with Crippen LogP contribution in [0.4, 0.5) is 0 Å². The zero-order chi connectivity index (χ0) is 15.1. The third-order valence-electron chi connectivity index (χ3n) is 3.03. The number of hydrogen-bond acceptors (Lipinski definition) is 5. The first-order valence-electron chi connectivity index (χ1n) is 6.38. The van der Waals surface area contributed by atoms with Gasteiger partial charge in [0.15, 0.2) is 0 Å². The minimum absolute atomic E-state index is 0.228. The molecule has 20 heavy (non-hydrogen) atoms. The average molecular weight is 300 g/mol. The highest BCUT2D eigenvalue weighted by atomic mass is 32.2. The number of carboxylic acids is 1. The fourth-order valence-electron chi connectivity index (χ4n) is 1.86. The molecule has 0 fully saturated rings. The molecule has 1 aromatic rings. The first-order valence-corrected chi connectivity index (χ1v) is 7.78. The highest BCUT2D eigenvalue weighted by molar-refractivity contribution is 7.98. The van der Waals surface area contributed by atoms with Crippen molar-refractivity contribution in [2.45, 2.75) is 39.2 Å². The molecule has 2 N–H and O–H groups in total. The van der Waals surface area contributed by atoms with Gasteiger partial charge in [0.1, 0.15) is 11.8 Å². The van der Waals surface area contributed by atoms with E-state index in [1.807, 2.05) is 13.2 Å². The second kappa shape index (κ2) is 7.94. The van der Waals surface area contributed by atoms with Gasteiger partial charge < -0.3 is 14.9 Å². The van der Waals surface area contributed by atoms with Crippen molar-refractivity contribution < 1.29 is 19.2 Å². The molecule has 1 rings (SSSR count). The van der Waals surface area contributed by atoms with Crippen molar-refractivity contribution in [1.82, 2.24) is 10.5 Å². The smallest absolute Gasteiger partial charge is 0.326 e. The maximum Gasteiger partial charge on any atom is 0.326 e. The number of rotatable bonds is 8. The van der Waals surface area contributed by atoms with Crippen molar-refractivity contribution in [3.8, 4) is 0 Å². The number of carbonyl (C=O) groups excluding carboxylic acids is 1. The molecule has 112 valence electrons. The number of aryl methyl sites for hydroxylation is 2. The van der Waals surface area contributed by atoms with Crippen LogP contribution in [-0.2, 0) is 16.0 Å². The fraction of sp³-hybridized carbons (Fsp3) is 0.615. The largest absolute Gasteiger partial charge is 0.480 e. The molecule has 0 aliphatic carbocycles. The molecule has 0 saturated carbocycles. The van der Waals surface area contributed by atoms with E-state index in [9.17, 15) is 9.59 Å². The summed E-state index contributed by atoms with van der Waals surface area (Å²) in [5, 5.41) is 15.4. The Morgan fingerprint density at radius 3 is 2.65 bits per heavy atom. The number of thioether (sulfide) groups is 1. The Balaban J connectivity index is 2.48. The molecule has 6 nitrogen and oxygen atoms in total. The molecule has 0 saturated heterocycles. The second-order valence-corrected chi connectivity index (χ2v) is 5.53. The zero-order valence-corrected chi connectivity index (χ0v) is 12.7. The number of nitrogens with one attached hydrogen (secondary N) is 1. The number of aliphatic carboxylic acids is 1. The minimum Gasteiger partial charge on any atom is -0.480 e. The molecule has 0 bridgehead atoms. The summed E-state index contributed by atoms with van der Waals surface area (Å²) in [5.74, 6) is 0.136. The Bertz CT molecular complexity index is 453. The van der Waals surface area contributed by atoms with E-state index >= 15 is 0 Å². The summed E-state index contributed by atoms with van der Waals surface area (Å²) >= 11 is 1.55. The van der Waals surface area contributed by atoms with E-state index in [2.05, 4.69) is 10.5 Å². The van der Waals surface area contributed by atoms with Crippen LogP contribution in [0.25, 0.3) is 0 Å². The predicted octanol–water partition coefficient (Wildman–Crippen LogP) is 1.55. The molecule has 1 aromatic heterocycles. The van der Waals surface area contributed by atoms with Crippen molar-refractivity contribution in [3.63, 3.8) is 0 Å². The van der Waals surface area contributed by atoms with Gasteiger partial charge in [-0.15, -0.1) is 0 Å². The van der Waals surface area contributed by atoms with Gasteiger partial charge in [0.2, 0.25) is 5.91 Å². The average Bonchev–Trinajstić information content (AvgIpc) is 2.71. The molecule has 0 spiro atoms. The van der Waals surface area contributed by atoms with Gasteiger partial charge in [-0.2, -0.15) is 11.8 Å². The highest BCUT2D eigenvalue weighted by Crippen LogP contribution is 2.14. The summed E-state index contributed by atoms with van der Waals surface area (Å²) in [7, 11) is 0. The Morgan fingerprint density at radius 1 is 1.45 bits per heavy atom. The highest BCUT2D eigenvalue weighted by Gasteiger charge is 2.19. The number of amides is 1. The van der Waals surface area contributed by atoms with Crippen LogP contribution >= 0.6 is 11.8 Å². The number of hydrogen-bond donors (Lipinski definition) is 2. The van der Waals surface area contributed by atoms with Crippen LogP contribution in [0.5, 0.6) is 0 Å². The molecule has 0 aliphatic rings. The second-order valence-electron chi connectivity index (χ2n) is 4.54. The topological polar surface area (TPSA) is 92.4 Å². The summed E-state index contributed by atoms with van der Waals surface area (Å²) in [6.07, 6.45) is 3.06. The van der Waals surface area contributed by atoms with E-state index < -0.39 is 12.0 Å². The zero-order valence-electron chi connectivity index (χ0n) is 11.9. The third-order valence-corrected chi connectivity index (χ3v) is 3.67. The van der Waals surface area contributed by atoms with Gasteiger partial charge in [0.05, 0.1) is 5.69 Å². The van der Waals surface area contributed by atoms with Crippen LogP contribution in [0, 0.1) is 13.8 Å². The summed E-state index contributed by atoms with van der Waals surface area (Å²) in [6.45, 7) is 3.62. The monoisotopic (exact) mass is 300 g/mol. The van der Waals surface area contributed by atoms with E-state index in [4.69, 9.17) is 9.63 Å². The van der Waals surface area contributed by atoms with E-state index in [-0.39, 0.29) is 12.3 Å². The van der Waals surface area contributed by atoms with E-state index in [1.165, 1.54) is 0 Å². The van der Waals surface area contributed by atoms with Crippen LogP contribution in [0.15, 0.2) is 4.52 Å². The van der Waals surface area contributed by atoms with Gasteiger partial charge >= 0.3 is 5.97 Å². The lowest BCUT2D eigenvalue weighted by atomic mass is 10.1. The van der Waals surface area contributed by atoms with Crippen LogP contribution in [-0.4, -0.2) is 40.2 Å². The minimum atomic E-state index is -0.996. The van der Waals surface area contributed by atoms with E-state index in [1.54, 1.807) is 18.7 Å². The number of nitrogens with zero attached hydrogens (tertiary/aromatic N) is 1. The lowest BCUT2D eigenvalue weighted by Gasteiger charge is -2.13. The number of aromatic nitrogens is 1. The molecule has 0 aromatic carbocycles. The van der Waals surface area contributed by atoms with Gasteiger partial charge in [0.25, 0.3) is 0 Å². The standard InChI is InChI=1S/C13H20N2O4S/c1-8-10(9(2)19-15-8)4-5-12(16)14-11(13(17)18)6-7-20-3/h11H,4-7H2,1-3H3,(H,14,16)(H,17,18)/t11-/m1/s1. The molecular formula is C13H20N2O4S. The van der Waals surface area contributed by atoms with Crippen LogP contribution in [0.2, 0.25) is 0 Å². The Morgan fingerprint density at radius 2 is 2.15 bits per heavy atom. The van der Waals surface area contributed by atoms with Crippen molar-refractivity contribution in [1.29, 1.82) is 0 Å². The molecule has 0 radical (unpaired) electrons. The predicted molar refractivity (Wildman–Crippen MR) is 76.9 cm³/mol. The maximum atomic E-state index is 11.8. The van der Waals surface area contributed by atoms with Crippen LogP contribution in [0.3, 0.4) is 0 Å². The lowest BCUT2D eigenvalue weighted by molar-refractivity contribution is -0.141. The Labute approximate surface area is 122 Å². The SMILES string of the molecule is CSCC[C@@H](NC(=O)CCc1c(C)noc1C)C(=O)O. The van der Waals surface area contributed by atoms with Gasteiger partial charge in [-0.3, -0.25) is 4.79 Å². The van der Waals surface area contributed by atoms with Crippen LogP contribution < -0.4 is 5.32 Å². The summed E-state index contributed by atoms with van der Waals surface area (Å²) < 4.78 is 5.02. The van der Waals surface area contributed by atoms with Crippen molar-refractivity contribution in [3.05, 3.63) is 17.0 Å². The van der Waals surface area contributed by atoms with Crippen molar-refractivity contribution >= 4 is 23.6 Å². The molecular weight excluding hydrogens is 280 g/mol. The number of carboxylic acid groups (broad SMARTS) is 1. The van der Waals surface area contributed by atoms with E-state index in [0.29, 0.717) is 24.4 Å². The molecule has 7 heteroatoms. The quantitative estimate of drug-likeness (QED) is 0.756. The van der Waals surface area contributed by atoms with Gasteiger partial charge in [-0.1, -0.05) is 5.16 Å². The lowest BCUT2D eigenvalue weighted by Crippen LogP contribution is -2.41. The van der Waals surface area contributed by atoms with Gasteiger partial charge in [0, 0.05) is 12.0 Å².